The van der Waals surface area contributed by atoms with Gasteiger partial charge >= 0.3 is 0 Å². The van der Waals surface area contributed by atoms with Crippen LogP contribution in [0.4, 0.5) is 0 Å². The molecule has 2 nitrogen and oxygen atoms in total. The summed E-state index contributed by atoms with van der Waals surface area (Å²) in [7, 11) is 2.04. The van der Waals surface area contributed by atoms with E-state index < -0.39 is 0 Å². The van der Waals surface area contributed by atoms with E-state index in [1.165, 1.54) is 25.7 Å². The Bertz CT molecular complexity index is 310. The second-order valence-corrected chi connectivity index (χ2v) is 5.70. The van der Waals surface area contributed by atoms with E-state index in [1.54, 1.807) is 6.26 Å². The molecular weight excluding hydrogens is 210 g/mol. The second-order valence-electron chi connectivity index (χ2n) is 5.70. The SMILES string of the molecule is CNC(c1ccco1)C1CCC(C(C)C)CC1. The third kappa shape index (κ3) is 2.92. The molecule has 1 aromatic rings. The van der Waals surface area contributed by atoms with Crippen molar-refractivity contribution in [3.63, 3.8) is 0 Å². The number of nitrogens with one attached hydrogen (secondary N) is 1. The molecule has 1 heterocycles. The molecule has 0 aliphatic heterocycles. The standard InChI is InChI=1S/C15H25NO/c1-11(2)12-6-8-13(9-7-12)15(16-3)14-5-4-10-17-14/h4-5,10-13,15-16H,6-9H2,1-3H3. The van der Waals surface area contributed by atoms with Crippen LogP contribution in [0.1, 0.15) is 51.3 Å². The van der Waals surface area contributed by atoms with Crippen LogP contribution in [0.25, 0.3) is 0 Å². The van der Waals surface area contributed by atoms with Gasteiger partial charge in [-0.15, -0.1) is 0 Å². The molecule has 1 atom stereocenters. The summed E-state index contributed by atoms with van der Waals surface area (Å²) < 4.78 is 5.55. The average Bonchev–Trinajstić information content (AvgIpc) is 2.84. The lowest BCUT2D eigenvalue weighted by Crippen LogP contribution is -2.29. The zero-order valence-electron chi connectivity index (χ0n) is 11.3. The van der Waals surface area contributed by atoms with Crippen LogP contribution < -0.4 is 5.32 Å². The minimum atomic E-state index is 0.401. The predicted octanol–water partition coefficient (Wildman–Crippen LogP) is 4.00. The van der Waals surface area contributed by atoms with Crippen molar-refractivity contribution in [1.82, 2.24) is 5.32 Å². The zero-order valence-corrected chi connectivity index (χ0v) is 11.3. The van der Waals surface area contributed by atoms with Crippen LogP contribution in [0.2, 0.25) is 0 Å². The van der Waals surface area contributed by atoms with E-state index in [0.29, 0.717) is 6.04 Å². The van der Waals surface area contributed by atoms with Gasteiger partial charge in [-0.1, -0.05) is 13.8 Å². The first-order chi connectivity index (χ1) is 8.22. The van der Waals surface area contributed by atoms with Gasteiger partial charge in [-0.3, -0.25) is 0 Å². The summed E-state index contributed by atoms with van der Waals surface area (Å²) in [5.74, 6) is 3.61. The summed E-state index contributed by atoms with van der Waals surface area (Å²) in [5.41, 5.74) is 0. The third-order valence-electron chi connectivity index (χ3n) is 4.39. The lowest BCUT2D eigenvalue weighted by molar-refractivity contribution is 0.182. The number of rotatable bonds is 4. The highest BCUT2D eigenvalue weighted by atomic mass is 16.3. The van der Waals surface area contributed by atoms with Gasteiger partial charge in [0.2, 0.25) is 0 Å². The van der Waals surface area contributed by atoms with Gasteiger partial charge in [0.25, 0.3) is 0 Å². The smallest absolute Gasteiger partial charge is 0.120 e. The number of hydrogen-bond acceptors (Lipinski definition) is 2. The summed E-state index contributed by atoms with van der Waals surface area (Å²) in [4.78, 5) is 0. The van der Waals surface area contributed by atoms with Crippen molar-refractivity contribution in [3.05, 3.63) is 24.2 Å². The molecule has 2 heteroatoms. The molecule has 2 rings (SSSR count). The van der Waals surface area contributed by atoms with Crippen molar-refractivity contribution >= 4 is 0 Å². The van der Waals surface area contributed by atoms with Crippen molar-refractivity contribution in [2.24, 2.45) is 17.8 Å². The van der Waals surface area contributed by atoms with Crippen LogP contribution in [0.3, 0.4) is 0 Å². The molecule has 1 aliphatic carbocycles. The Hall–Kier alpha value is -0.760. The quantitative estimate of drug-likeness (QED) is 0.853. The lowest BCUT2D eigenvalue weighted by Gasteiger charge is -2.34. The van der Waals surface area contributed by atoms with Crippen LogP contribution in [-0.4, -0.2) is 7.05 Å². The van der Waals surface area contributed by atoms with E-state index >= 15 is 0 Å². The van der Waals surface area contributed by atoms with E-state index in [1.807, 2.05) is 13.1 Å². The first kappa shape index (κ1) is 12.7. The van der Waals surface area contributed by atoms with Crippen LogP contribution in [0, 0.1) is 17.8 Å². The molecule has 1 unspecified atom stereocenters. The molecule has 1 aromatic heterocycles. The third-order valence-corrected chi connectivity index (χ3v) is 4.39. The molecule has 0 saturated heterocycles. The minimum absolute atomic E-state index is 0.401. The van der Waals surface area contributed by atoms with Crippen LogP contribution in [0.5, 0.6) is 0 Å². The molecular formula is C15H25NO. The van der Waals surface area contributed by atoms with Crippen LogP contribution >= 0.6 is 0 Å². The molecule has 96 valence electrons. The summed E-state index contributed by atoms with van der Waals surface area (Å²) in [6.45, 7) is 4.71. The Morgan fingerprint density at radius 2 is 1.82 bits per heavy atom. The van der Waals surface area contributed by atoms with Gasteiger partial charge in [-0.2, -0.15) is 0 Å². The molecule has 0 amide bonds. The van der Waals surface area contributed by atoms with Crippen molar-refractivity contribution in [1.29, 1.82) is 0 Å². The van der Waals surface area contributed by atoms with E-state index in [0.717, 1.165) is 23.5 Å². The monoisotopic (exact) mass is 235 g/mol. The second kappa shape index (κ2) is 5.72. The molecule has 0 radical (unpaired) electrons. The van der Waals surface area contributed by atoms with Gasteiger partial charge in [-0.05, 0) is 62.6 Å². The first-order valence-corrected chi connectivity index (χ1v) is 6.93. The molecule has 0 bridgehead atoms. The predicted molar refractivity (Wildman–Crippen MR) is 70.8 cm³/mol. The summed E-state index contributed by atoms with van der Waals surface area (Å²) in [6.07, 6.45) is 7.19. The van der Waals surface area contributed by atoms with E-state index in [-0.39, 0.29) is 0 Å². The molecule has 1 fully saturated rings. The molecule has 1 N–H and O–H groups in total. The van der Waals surface area contributed by atoms with Crippen molar-refractivity contribution in [2.45, 2.75) is 45.6 Å². The fraction of sp³-hybridized carbons (Fsp3) is 0.733. The first-order valence-electron chi connectivity index (χ1n) is 6.93. The Morgan fingerprint density at radius 3 is 2.29 bits per heavy atom. The molecule has 0 spiro atoms. The Balaban J connectivity index is 1.95. The fourth-order valence-electron chi connectivity index (χ4n) is 3.22. The molecule has 1 aliphatic rings. The maximum absolute atomic E-state index is 5.55. The Labute approximate surface area is 105 Å². The highest BCUT2D eigenvalue weighted by Crippen LogP contribution is 2.39. The maximum Gasteiger partial charge on any atom is 0.120 e. The van der Waals surface area contributed by atoms with Crippen molar-refractivity contribution in [3.8, 4) is 0 Å². The van der Waals surface area contributed by atoms with Crippen molar-refractivity contribution < 1.29 is 4.42 Å². The Morgan fingerprint density at radius 1 is 1.18 bits per heavy atom. The van der Waals surface area contributed by atoms with Gasteiger partial charge in [0.05, 0.1) is 12.3 Å². The lowest BCUT2D eigenvalue weighted by atomic mass is 9.74. The largest absolute Gasteiger partial charge is 0.468 e. The topological polar surface area (TPSA) is 25.2 Å². The fourth-order valence-corrected chi connectivity index (χ4v) is 3.22. The van der Waals surface area contributed by atoms with Gasteiger partial charge in [-0.25, -0.2) is 0 Å². The highest BCUT2D eigenvalue weighted by Gasteiger charge is 2.29. The molecule has 0 aromatic carbocycles. The van der Waals surface area contributed by atoms with Crippen LogP contribution in [0.15, 0.2) is 22.8 Å². The highest BCUT2D eigenvalue weighted by molar-refractivity contribution is 5.06. The van der Waals surface area contributed by atoms with Crippen LogP contribution in [-0.2, 0) is 0 Å². The van der Waals surface area contributed by atoms with Gasteiger partial charge < -0.3 is 9.73 Å². The molecule has 17 heavy (non-hydrogen) atoms. The summed E-state index contributed by atoms with van der Waals surface area (Å²) in [6, 6.07) is 4.48. The van der Waals surface area contributed by atoms with E-state index in [4.69, 9.17) is 4.42 Å². The van der Waals surface area contributed by atoms with E-state index in [9.17, 15) is 0 Å². The number of hydrogen-bond donors (Lipinski definition) is 1. The normalized spacial score (nSPS) is 27.3. The van der Waals surface area contributed by atoms with Gasteiger partial charge in [0, 0.05) is 0 Å². The van der Waals surface area contributed by atoms with Gasteiger partial charge in [0.1, 0.15) is 5.76 Å². The average molecular weight is 235 g/mol. The molecule has 1 saturated carbocycles. The maximum atomic E-state index is 5.55. The minimum Gasteiger partial charge on any atom is -0.468 e. The number of furan rings is 1. The van der Waals surface area contributed by atoms with Crippen molar-refractivity contribution in [2.75, 3.05) is 7.05 Å². The van der Waals surface area contributed by atoms with E-state index in [2.05, 4.69) is 25.2 Å². The summed E-state index contributed by atoms with van der Waals surface area (Å²) >= 11 is 0. The Kier molecular flexibility index (Phi) is 4.27. The summed E-state index contributed by atoms with van der Waals surface area (Å²) in [5, 5.41) is 3.42. The van der Waals surface area contributed by atoms with Gasteiger partial charge in [0.15, 0.2) is 0 Å². The zero-order chi connectivity index (χ0) is 12.3.